The van der Waals surface area contributed by atoms with Gasteiger partial charge in [-0.25, -0.2) is 4.79 Å². The highest BCUT2D eigenvalue weighted by Gasteiger charge is 2.20. The minimum absolute atomic E-state index is 0.0559. The van der Waals surface area contributed by atoms with Crippen molar-refractivity contribution in [2.24, 2.45) is 0 Å². The van der Waals surface area contributed by atoms with Crippen molar-refractivity contribution in [3.05, 3.63) is 58.1 Å². The number of thioether (sulfide) groups is 1. The van der Waals surface area contributed by atoms with Gasteiger partial charge < -0.3 is 15.7 Å². The average Bonchev–Trinajstić information content (AvgIpc) is 2.62. The van der Waals surface area contributed by atoms with Gasteiger partial charge in [-0.2, -0.15) is 0 Å². The summed E-state index contributed by atoms with van der Waals surface area (Å²) in [4.78, 5) is 34.6. The van der Waals surface area contributed by atoms with Gasteiger partial charge in [0.05, 0.1) is 15.7 Å². The van der Waals surface area contributed by atoms with E-state index in [0.29, 0.717) is 27.0 Å². The quantitative estimate of drug-likeness (QED) is 0.570. The minimum atomic E-state index is -1.19. The molecule has 0 aliphatic carbocycles. The molecule has 2 aromatic rings. The summed E-state index contributed by atoms with van der Waals surface area (Å²) in [6.45, 7) is 1.23. The molecule has 0 fully saturated rings. The molecule has 28 heavy (non-hydrogen) atoms. The first-order valence-electron chi connectivity index (χ1n) is 8.22. The number of carboxylic acid groups (broad SMARTS) is 1. The van der Waals surface area contributed by atoms with Crippen LogP contribution in [0.25, 0.3) is 0 Å². The lowest BCUT2D eigenvalue weighted by Gasteiger charge is -2.15. The normalized spacial score (nSPS) is 11.5. The van der Waals surface area contributed by atoms with E-state index in [1.807, 2.05) is 6.07 Å². The van der Waals surface area contributed by atoms with Crippen LogP contribution in [0.3, 0.4) is 0 Å². The molecular weight excluding hydrogens is 423 g/mol. The maximum atomic E-state index is 12.3. The van der Waals surface area contributed by atoms with E-state index in [4.69, 9.17) is 28.3 Å². The molecule has 0 bridgehead atoms. The van der Waals surface area contributed by atoms with Gasteiger partial charge in [0.2, 0.25) is 5.91 Å². The second kappa shape index (κ2) is 10.4. The van der Waals surface area contributed by atoms with Crippen molar-refractivity contribution in [3.63, 3.8) is 0 Å². The smallest absolute Gasteiger partial charge is 0.327 e. The van der Waals surface area contributed by atoms with Crippen LogP contribution in [0.15, 0.2) is 42.5 Å². The van der Waals surface area contributed by atoms with Crippen LogP contribution < -0.4 is 10.6 Å². The molecule has 0 aliphatic rings. The van der Waals surface area contributed by atoms with E-state index < -0.39 is 17.9 Å². The molecule has 1 atom stereocenters. The highest BCUT2D eigenvalue weighted by atomic mass is 35.5. The number of rotatable bonds is 8. The van der Waals surface area contributed by atoms with Crippen molar-refractivity contribution in [3.8, 4) is 0 Å². The average molecular weight is 441 g/mol. The van der Waals surface area contributed by atoms with Gasteiger partial charge in [0.15, 0.2) is 5.12 Å². The third-order valence-electron chi connectivity index (χ3n) is 3.66. The maximum absolute atomic E-state index is 12.3. The van der Waals surface area contributed by atoms with Crippen LogP contribution in [0.1, 0.15) is 12.5 Å². The summed E-state index contributed by atoms with van der Waals surface area (Å²) < 4.78 is 0. The SMILES string of the molecule is CC(=O)N[C@H](CSC(=O)Cc1ccccc1Nc1c(Cl)cccc1Cl)C(=O)O. The zero-order chi connectivity index (χ0) is 20.7. The van der Waals surface area contributed by atoms with Crippen LogP contribution in [0.5, 0.6) is 0 Å². The Balaban J connectivity index is 2.07. The molecular formula is C19H18Cl2N2O4S. The van der Waals surface area contributed by atoms with Gasteiger partial charge in [0.25, 0.3) is 0 Å². The van der Waals surface area contributed by atoms with Gasteiger partial charge in [0, 0.05) is 24.8 Å². The van der Waals surface area contributed by atoms with E-state index in [1.165, 1.54) is 6.92 Å². The van der Waals surface area contributed by atoms with E-state index >= 15 is 0 Å². The molecule has 148 valence electrons. The number of aliphatic carboxylic acids is 1. The predicted octanol–water partition coefficient (Wildman–Crippen LogP) is 4.13. The zero-order valence-electron chi connectivity index (χ0n) is 14.9. The monoisotopic (exact) mass is 440 g/mol. The fourth-order valence-electron chi connectivity index (χ4n) is 2.35. The van der Waals surface area contributed by atoms with E-state index in [1.54, 1.807) is 36.4 Å². The van der Waals surface area contributed by atoms with Gasteiger partial charge >= 0.3 is 5.97 Å². The van der Waals surface area contributed by atoms with Gasteiger partial charge in [-0.1, -0.05) is 59.2 Å². The number of nitrogens with one attached hydrogen (secondary N) is 2. The highest BCUT2D eigenvalue weighted by molar-refractivity contribution is 8.13. The lowest BCUT2D eigenvalue weighted by molar-refractivity contribution is -0.140. The zero-order valence-corrected chi connectivity index (χ0v) is 17.2. The van der Waals surface area contributed by atoms with Gasteiger partial charge in [0.1, 0.15) is 6.04 Å². The minimum Gasteiger partial charge on any atom is -0.480 e. The lowest BCUT2D eigenvalue weighted by atomic mass is 10.1. The van der Waals surface area contributed by atoms with Crippen molar-refractivity contribution >= 4 is 63.3 Å². The molecule has 0 spiro atoms. The van der Waals surface area contributed by atoms with Crippen LogP contribution in [-0.4, -0.2) is 33.9 Å². The number of halogens is 2. The summed E-state index contributed by atoms with van der Waals surface area (Å²) in [5.41, 5.74) is 1.92. The Bertz CT molecular complexity index is 872. The van der Waals surface area contributed by atoms with Crippen LogP contribution in [0, 0.1) is 0 Å². The van der Waals surface area contributed by atoms with Crippen LogP contribution in [0.4, 0.5) is 11.4 Å². The molecule has 0 radical (unpaired) electrons. The number of carbonyl (C=O) groups is 3. The number of carbonyl (C=O) groups excluding carboxylic acids is 2. The van der Waals surface area contributed by atoms with Crippen molar-refractivity contribution in [1.82, 2.24) is 5.32 Å². The number of amides is 1. The molecule has 0 unspecified atom stereocenters. The summed E-state index contributed by atoms with van der Waals surface area (Å²) in [5, 5.41) is 15.2. The van der Waals surface area contributed by atoms with Crippen LogP contribution in [-0.2, 0) is 20.8 Å². The predicted molar refractivity (Wildman–Crippen MR) is 113 cm³/mol. The third-order valence-corrected chi connectivity index (χ3v) is 5.26. The lowest BCUT2D eigenvalue weighted by Crippen LogP contribution is -2.41. The molecule has 3 N–H and O–H groups in total. The van der Waals surface area contributed by atoms with Gasteiger partial charge in [-0.3, -0.25) is 9.59 Å². The summed E-state index contributed by atoms with van der Waals surface area (Å²) in [7, 11) is 0. The molecule has 0 saturated carbocycles. The van der Waals surface area contributed by atoms with E-state index in [2.05, 4.69) is 10.6 Å². The molecule has 0 heterocycles. The van der Waals surface area contributed by atoms with Gasteiger partial charge in [-0.15, -0.1) is 0 Å². The topological polar surface area (TPSA) is 95.5 Å². The first-order chi connectivity index (χ1) is 13.3. The molecule has 0 aliphatic heterocycles. The Hall–Kier alpha value is -2.22. The maximum Gasteiger partial charge on any atom is 0.327 e. The van der Waals surface area contributed by atoms with Crippen molar-refractivity contribution in [2.75, 3.05) is 11.1 Å². The number of para-hydroxylation sites is 2. The molecule has 1 amide bonds. The van der Waals surface area contributed by atoms with Crippen LogP contribution in [0.2, 0.25) is 10.0 Å². The summed E-state index contributed by atoms with van der Waals surface area (Å²) in [6, 6.07) is 11.2. The Morgan fingerprint density at radius 2 is 1.71 bits per heavy atom. The Kier molecular flexibility index (Phi) is 8.17. The Labute approximate surface area is 176 Å². The first kappa shape index (κ1) is 22.1. The Morgan fingerprint density at radius 1 is 1.07 bits per heavy atom. The fourth-order valence-corrected chi connectivity index (χ4v) is 3.68. The molecule has 6 nitrogen and oxygen atoms in total. The number of hydrogen-bond donors (Lipinski definition) is 3. The molecule has 0 saturated heterocycles. The second-order valence-electron chi connectivity index (χ2n) is 5.83. The standard InChI is InChI=1S/C19H18Cl2N2O4S/c1-11(24)22-16(19(26)27)10-28-17(25)9-12-5-2-3-8-15(12)23-18-13(20)6-4-7-14(18)21/h2-8,16,23H,9-10H2,1H3,(H,22,24)(H,26,27)/t16-/m1/s1. The number of benzene rings is 2. The summed E-state index contributed by atoms with van der Waals surface area (Å²) >= 11 is 13.2. The second-order valence-corrected chi connectivity index (χ2v) is 7.72. The first-order valence-corrected chi connectivity index (χ1v) is 9.96. The Morgan fingerprint density at radius 3 is 2.32 bits per heavy atom. The fraction of sp³-hybridized carbons (Fsp3) is 0.211. The van der Waals surface area contributed by atoms with Crippen molar-refractivity contribution in [1.29, 1.82) is 0 Å². The summed E-state index contributed by atoms with van der Waals surface area (Å²) in [5.74, 6) is -1.71. The van der Waals surface area contributed by atoms with Crippen molar-refractivity contribution in [2.45, 2.75) is 19.4 Å². The third kappa shape index (κ3) is 6.44. The highest BCUT2D eigenvalue weighted by Crippen LogP contribution is 2.33. The van der Waals surface area contributed by atoms with Crippen molar-refractivity contribution < 1.29 is 19.5 Å². The van der Waals surface area contributed by atoms with Gasteiger partial charge in [-0.05, 0) is 23.8 Å². The number of hydrogen-bond acceptors (Lipinski definition) is 5. The number of anilines is 2. The molecule has 2 aromatic carbocycles. The molecule has 9 heteroatoms. The van der Waals surface area contributed by atoms with E-state index in [-0.39, 0.29) is 17.3 Å². The van der Waals surface area contributed by atoms with E-state index in [9.17, 15) is 14.4 Å². The largest absolute Gasteiger partial charge is 0.480 e. The van der Waals surface area contributed by atoms with Crippen LogP contribution >= 0.6 is 35.0 Å². The molecule has 0 aromatic heterocycles. The number of carboxylic acids is 1. The summed E-state index contributed by atoms with van der Waals surface area (Å²) in [6.07, 6.45) is 0.0717. The van der Waals surface area contributed by atoms with E-state index in [0.717, 1.165) is 11.8 Å². The molecule has 2 rings (SSSR count).